The summed E-state index contributed by atoms with van der Waals surface area (Å²) >= 11 is 0. The van der Waals surface area contributed by atoms with E-state index in [4.69, 9.17) is 5.73 Å². The van der Waals surface area contributed by atoms with Crippen LogP contribution in [0.15, 0.2) is 18.2 Å². The topological polar surface area (TPSA) is 55.1 Å². The average Bonchev–Trinajstić information content (AvgIpc) is 2.52. The molecule has 0 aromatic heterocycles. The van der Waals surface area contributed by atoms with E-state index in [-0.39, 0.29) is 23.8 Å². The first-order chi connectivity index (χ1) is 11.9. The number of rotatable bonds is 4. The van der Waals surface area contributed by atoms with Gasteiger partial charge in [0.05, 0.1) is 6.04 Å². The van der Waals surface area contributed by atoms with Gasteiger partial charge in [-0.25, -0.2) is 8.78 Å². The van der Waals surface area contributed by atoms with Gasteiger partial charge in [0.25, 0.3) is 0 Å². The van der Waals surface area contributed by atoms with Crippen molar-refractivity contribution in [3.05, 3.63) is 35.4 Å². The Morgan fingerprint density at radius 2 is 1.84 bits per heavy atom. The van der Waals surface area contributed by atoms with Crippen molar-refractivity contribution in [3.8, 4) is 0 Å². The molecule has 0 radical (unpaired) electrons. The zero-order valence-corrected chi connectivity index (χ0v) is 15.0. The highest BCUT2D eigenvalue weighted by Crippen LogP contribution is 2.42. The molecule has 1 aromatic rings. The second-order valence-electron chi connectivity index (χ2n) is 8.09. The third kappa shape index (κ3) is 3.86. The maximum absolute atomic E-state index is 14.2. The Balaban J connectivity index is 1.73. The lowest BCUT2D eigenvalue weighted by Gasteiger charge is -2.43. The van der Waals surface area contributed by atoms with Gasteiger partial charge in [0, 0.05) is 23.6 Å². The average molecular weight is 350 g/mol. The second-order valence-corrected chi connectivity index (χ2v) is 8.09. The van der Waals surface area contributed by atoms with Crippen molar-refractivity contribution in [3.63, 3.8) is 0 Å². The van der Waals surface area contributed by atoms with Crippen molar-refractivity contribution < 1.29 is 13.6 Å². The van der Waals surface area contributed by atoms with Gasteiger partial charge in [-0.05, 0) is 49.5 Å². The Labute approximate surface area is 148 Å². The highest BCUT2D eigenvalue weighted by Gasteiger charge is 2.41. The van der Waals surface area contributed by atoms with Crippen LogP contribution >= 0.6 is 0 Å². The molecular weight excluding hydrogens is 322 g/mol. The highest BCUT2D eigenvalue weighted by molar-refractivity contribution is 5.79. The molecule has 2 fully saturated rings. The number of hydrogen-bond acceptors (Lipinski definition) is 2. The zero-order valence-electron chi connectivity index (χ0n) is 15.0. The molecule has 25 heavy (non-hydrogen) atoms. The summed E-state index contributed by atoms with van der Waals surface area (Å²) in [5.41, 5.74) is 6.65. The summed E-state index contributed by atoms with van der Waals surface area (Å²) in [7, 11) is 0. The number of nitrogens with one attached hydrogen (secondary N) is 1. The van der Waals surface area contributed by atoms with Gasteiger partial charge in [0.2, 0.25) is 5.91 Å². The molecule has 3 N–H and O–H groups in total. The van der Waals surface area contributed by atoms with Crippen LogP contribution in [0.25, 0.3) is 0 Å². The predicted molar refractivity (Wildman–Crippen MR) is 93.6 cm³/mol. The van der Waals surface area contributed by atoms with Crippen LogP contribution in [0.4, 0.5) is 8.78 Å². The molecule has 138 valence electrons. The third-order valence-electron chi connectivity index (χ3n) is 6.05. The molecule has 0 aliphatic heterocycles. The first-order valence-corrected chi connectivity index (χ1v) is 9.37. The quantitative estimate of drug-likeness (QED) is 0.864. The number of halogens is 2. The largest absolute Gasteiger partial charge is 0.349 e. The number of hydrogen-bond donors (Lipinski definition) is 2. The van der Waals surface area contributed by atoms with Gasteiger partial charge in [0.1, 0.15) is 11.6 Å². The summed E-state index contributed by atoms with van der Waals surface area (Å²) in [5, 5.41) is 3.02. The molecule has 2 aliphatic carbocycles. The normalized spacial score (nSPS) is 30.2. The van der Waals surface area contributed by atoms with Crippen molar-refractivity contribution in [2.75, 3.05) is 0 Å². The molecule has 2 saturated carbocycles. The Morgan fingerprint density at radius 1 is 1.20 bits per heavy atom. The Hall–Kier alpha value is -1.49. The van der Waals surface area contributed by atoms with E-state index in [1.54, 1.807) is 0 Å². The molecule has 1 amide bonds. The lowest BCUT2D eigenvalue weighted by atomic mass is 9.65. The SMILES string of the molecule is CC(C)C(NC(=O)C1CC2CCCC(C1)C2N)c1ccc(F)cc1F. The fourth-order valence-corrected chi connectivity index (χ4v) is 4.63. The van der Waals surface area contributed by atoms with Crippen LogP contribution in [-0.2, 0) is 4.79 Å². The van der Waals surface area contributed by atoms with Crippen molar-refractivity contribution in [1.82, 2.24) is 5.32 Å². The minimum absolute atomic E-state index is 0.00857. The van der Waals surface area contributed by atoms with Crippen LogP contribution in [0.1, 0.15) is 57.6 Å². The predicted octanol–water partition coefficient (Wildman–Crippen LogP) is 3.93. The van der Waals surface area contributed by atoms with Crippen LogP contribution in [0.3, 0.4) is 0 Å². The first-order valence-electron chi connectivity index (χ1n) is 9.37. The number of benzene rings is 1. The van der Waals surface area contributed by atoms with Crippen LogP contribution < -0.4 is 11.1 Å². The van der Waals surface area contributed by atoms with Crippen molar-refractivity contribution in [1.29, 1.82) is 0 Å². The smallest absolute Gasteiger partial charge is 0.223 e. The van der Waals surface area contributed by atoms with Gasteiger partial charge in [0.15, 0.2) is 0 Å². The zero-order chi connectivity index (χ0) is 18.1. The minimum Gasteiger partial charge on any atom is -0.349 e. The molecule has 2 bridgehead atoms. The second kappa shape index (κ2) is 7.40. The van der Waals surface area contributed by atoms with Crippen LogP contribution in [0.2, 0.25) is 0 Å². The summed E-state index contributed by atoms with van der Waals surface area (Å²) in [6.07, 6.45) is 5.04. The van der Waals surface area contributed by atoms with E-state index in [2.05, 4.69) is 5.32 Å². The molecule has 1 aromatic carbocycles. The maximum atomic E-state index is 14.2. The summed E-state index contributed by atoms with van der Waals surface area (Å²) in [6.45, 7) is 3.86. The van der Waals surface area contributed by atoms with E-state index in [1.807, 2.05) is 13.8 Å². The monoisotopic (exact) mass is 350 g/mol. The summed E-state index contributed by atoms with van der Waals surface area (Å²) in [6, 6.07) is 3.31. The van der Waals surface area contributed by atoms with Crippen LogP contribution in [-0.4, -0.2) is 11.9 Å². The molecule has 0 saturated heterocycles. The van der Waals surface area contributed by atoms with E-state index in [0.29, 0.717) is 17.4 Å². The van der Waals surface area contributed by atoms with Gasteiger partial charge >= 0.3 is 0 Å². The number of fused-ring (bicyclic) bond motifs is 2. The van der Waals surface area contributed by atoms with E-state index < -0.39 is 17.7 Å². The standard InChI is InChI=1S/C20H28F2N2O/c1-11(2)19(16-7-6-15(21)10-17(16)22)24-20(25)14-8-12-4-3-5-13(9-14)18(12)23/h6-7,10-14,18-19H,3-5,8-9,23H2,1-2H3,(H,24,25). The Bertz CT molecular complexity index is 620. The van der Waals surface area contributed by atoms with Gasteiger partial charge in [-0.3, -0.25) is 4.79 Å². The molecule has 3 rings (SSSR count). The molecule has 3 unspecified atom stereocenters. The summed E-state index contributed by atoms with van der Waals surface area (Å²) in [4.78, 5) is 12.9. The van der Waals surface area contributed by atoms with Crippen molar-refractivity contribution in [2.45, 2.75) is 58.0 Å². The van der Waals surface area contributed by atoms with Gasteiger partial charge < -0.3 is 11.1 Å². The van der Waals surface area contributed by atoms with E-state index >= 15 is 0 Å². The van der Waals surface area contributed by atoms with Gasteiger partial charge in [-0.2, -0.15) is 0 Å². The molecule has 0 spiro atoms. The fraction of sp³-hybridized carbons (Fsp3) is 0.650. The van der Waals surface area contributed by atoms with Crippen molar-refractivity contribution >= 4 is 5.91 Å². The molecule has 0 heterocycles. The van der Waals surface area contributed by atoms with Gasteiger partial charge in [-0.15, -0.1) is 0 Å². The lowest BCUT2D eigenvalue weighted by Crippen LogP contribution is -2.49. The molecule has 2 aliphatic rings. The summed E-state index contributed by atoms with van der Waals surface area (Å²) < 4.78 is 27.4. The lowest BCUT2D eigenvalue weighted by molar-refractivity contribution is -0.129. The first kappa shape index (κ1) is 18.3. The Morgan fingerprint density at radius 3 is 2.40 bits per heavy atom. The van der Waals surface area contributed by atoms with E-state index in [1.165, 1.54) is 18.6 Å². The maximum Gasteiger partial charge on any atom is 0.223 e. The molecular formula is C20H28F2N2O. The van der Waals surface area contributed by atoms with Crippen LogP contribution in [0.5, 0.6) is 0 Å². The number of carbonyl (C=O) groups is 1. The highest BCUT2D eigenvalue weighted by atomic mass is 19.1. The van der Waals surface area contributed by atoms with E-state index in [0.717, 1.165) is 31.7 Å². The number of amides is 1. The number of nitrogens with two attached hydrogens (primary N) is 1. The number of carbonyl (C=O) groups excluding carboxylic acids is 1. The minimum atomic E-state index is -0.610. The molecule has 3 nitrogen and oxygen atoms in total. The molecule has 3 atom stereocenters. The summed E-state index contributed by atoms with van der Waals surface area (Å²) in [5.74, 6) is -0.447. The van der Waals surface area contributed by atoms with E-state index in [9.17, 15) is 13.6 Å². The van der Waals surface area contributed by atoms with Crippen LogP contribution in [0, 0.1) is 35.3 Å². The Kier molecular flexibility index (Phi) is 5.42. The fourth-order valence-electron chi connectivity index (χ4n) is 4.63. The van der Waals surface area contributed by atoms with Crippen molar-refractivity contribution in [2.24, 2.45) is 29.4 Å². The van der Waals surface area contributed by atoms with Gasteiger partial charge in [-0.1, -0.05) is 26.3 Å². The third-order valence-corrected chi connectivity index (χ3v) is 6.05. The molecule has 5 heteroatoms.